The Labute approximate surface area is 179 Å². The number of methoxy groups -OCH3 is 1. The molecule has 0 unspecified atom stereocenters. The highest BCUT2D eigenvalue weighted by molar-refractivity contribution is 7.98. The molecule has 0 bridgehead atoms. The molecule has 0 amide bonds. The van der Waals surface area contributed by atoms with E-state index in [0.717, 1.165) is 22.8 Å². The lowest BCUT2D eigenvalue weighted by molar-refractivity contribution is 0.414. The summed E-state index contributed by atoms with van der Waals surface area (Å²) in [7, 11) is 1.64. The van der Waals surface area contributed by atoms with Crippen molar-refractivity contribution in [2.45, 2.75) is 37.8 Å². The van der Waals surface area contributed by atoms with Crippen LogP contribution in [0.2, 0.25) is 0 Å². The van der Waals surface area contributed by atoms with Gasteiger partial charge in [0, 0.05) is 12.3 Å². The zero-order valence-electron chi connectivity index (χ0n) is 17.3. The molecule has 7 heteroatoms. The molecule has 0 spiro atoms. The fourth-order valence-corrected chi connectivity index (χ4v) is 4.39. The highest BCUT2D eigenvalue weighted by atomic mass is 32.2. The van der Waals surface area contributed by atoms with Gasteiger partial charge in [0.1, 0.15) is 11.3 Å². The van der Waals surface area contributed by atoms with Gasteiger partial charge in [0.2, 0.25) is 0 Å². The number of fused-ring (bicyclic) bond motifs is 1. The maximum atomic E-state index is 13.5. The number of thioether (sulfide) groups is 1. The molecule has 0 radical (unpaired) electrons. The van der Waals surface area contributed by atoms with E-state index in [-0.39, 0.29) is 5.56 Å². The maximum Gasteiger partial charge on any atom is 0.280 e. The van der Waals surface area contributed by atoms with Crippen LogP contribution in [-0.4, -0.2) is 26.4 Å². The van der Waals surface area contributed by atoms with Crippen molar-refractivity contribution < 1.29 is 4.74 Å². The van der Waals surface area contributed by atoms with E-state index >= 15 is 0 Å². The van der Waals surface area contributed by atoms with E-state index in [2.05, 4.69) is 17.2 Å². The van der Waals surface area contributed by atoms with Gasteiger partial charge in [-0.2, -0.15) is 5.10 Å². The summed E-state index contributed by atoms with van der Waals surface area (Å²) in [5, 5.41) is 5.21. The van der Waals surface area contributed by atoms with E-state index in [0.29, 0.717) is 29.3 Å². The number of nitrogens with zero attached hydrogens (tertiary/aromatic N) is 4. The number of hydrogen-bond acceptors (Lipinski definition) is 5. The topological polar surface area (TPSA) is 61.9 Å². The summed E-state index contributed by atoms with van der Waals surface area (Å²) in [5.41, 5.74) is 4.12. The van der Waals surface area contributed by atoms with Crippen molar-refractivity contribution in [3.05, 3.63) is 81.8 Å². The van der Waals surface area contributed by atoms with Crippen molar-refractivity contribution in [1.29, 1.82) is 0 Å². The van der Waals surface area contributed by atoms with Crippen molar-refractivity contribution in [3.8, 4) is 5.75 Å². The summed E-state index contributed by atoms with van der Waals surface area (Å²) in [4.78, 5) is 18.4. The van der Waals surface area contributed by atoms with Gasteiger partial charge in [-0.3, -0.25) is 14.0 Å². The molecule has 0 aliphatic rings. The number of aryl methyl sites for hydroxylation is 2. The van der Waals surface area contributed by atoms with Crippen LogP contribution in [0.15, 0.2) is 64.5 Å². The smallest absolute Gasteiger partial charge is 0.280 e. The predicted octanol–water partition coefficient (Wildman–Crippen LogP) is 4.27. The van der Waals surface area contributed by atoms with Crippen LogP contribution in [-0.2, 0) is 18.8 Å². The summed E-state index contributed by atoms with van der Waals surface area (Å²) in [6, 6.07) is 18.0. The predicted molar refractivity (Wildman–Crippen MR) is 120 cm³/mol. The van der Waals surface area contributed by atoms with Gasteiger partial charge >= 0.3 is 0 Å². The van der Waals surface area contributed by atoms with E-state index in [9.17, 15) is 4.79 Å². The Balaban J connectivity index is 1.81. The first-order valence-corrected chi connectivity index (χ1v) is 10.9. The van der Waals surface area contributed by atoms with Crippen molar-refractivity contribution in [1.82, 2.24) is 19.3 Å². The highest BCUT2D eigenvalue weighted by Gasteiger charge is 2.18. The third-order valence-electron chi connectivity index (χ3n) is 4.97. The van der Waals surface area contributed by atoms with Gasteiger partial charge in [-0.15, -0.1) is 0 Å². The van der Waals surface area contributed by atoms with E-state index in [1.165, 1.54) is 5.56 Å². The molecule has 2 aromatic carbocycles. The number of rotatable bonds is 7. The first kappa shape index (κ1) is 20.2. The number of hydrogen-bond donors (Lipinski definition) is 0. The molecular formula is C23H24N4O2S. The van der Waals surface area contributed by atoms with Crippen LogP contribution >= 0.6 is 11.8 Å². The number of aromatic nitrogens is 4. The van der Waals surface area contributed by atoms with Gasteiger partial charge in [0.15, 0.2) is 10.7 Å². The fraction of sp³-hybridized carbons (Fsp3) is 0.261. The molecule has 2 heterocycles. The van der Waals surface area contributed by atoms with Crippen LogP contribution in [0.5, 0.6) is 5.75 Å². The average molecular weight is 421 g/mol. The van der Waals surface area contributed by atoms with Crippen LogP contribution in [0.4, 0.5) is 0 Å². The lowest BCUT2D eigenvalue weighted by Crippen LogP contribution is -2.25. The van der Waals surface area contributed by atoms with Crippen LogP contribution in [0, 0.1) is 6.92 Å². The standard InChI is InChI=1S/C23H24N4O2S/c1-4-27-21-20(16(2)25-27)24-23(30-15-17-9-6-5-7-10-17)26(22(21)28)14-18-11-8-12-19(13-18)29-3/h5-13H,4,14-15H2,1-3H3. The third kappa shape index (κ3) is 3.98. The summed E-state index contributed by atoms with van der Waals surface area (Å²) in [6.45, 7) is 4.93. The largest absolute Gasteiger partial charge is 0.497 e. The second-order valence-corrected chi connectivity index (χ2v) is 7.95. The van der Waals surface area contributed by atoms with Crippen LogP contribution in [0.25, 0.3) is 11.0 Å². The quantitative estimate of drug-likeness (QED) is 0.330. The van der Waals surface area contributed by atoms with Crippen LogP contribution in [0.3, 0.4) is 0 Å². The second kappa shape index (κ2) is 8.75. The normalized spacial score (nSPS) is 11.2. The molecule has 6 nitrogen and oxygen atoms in total. The monoisotopic (exact) mass is 420 g/mol. The van der Waals surface area contributed by atoms with Gasteiger partial charge in [-0.1, -0.05) is 54.2 Å². The van der Waals surface area contributed by atoms with E-state index in [4.69, 9.17) is 9.72 Å². The summed E-state index contributed by atoms with van der Waals surface area (Å²) >= 11 is 1.57. The Morgan fingerprint density at radius 3 is 2.57 bits per heavy atom. The summed E-state index contributed by atoms with van der Waals surface area (Å²) in [5.74, 6) is 1.50. The Bertz CT molecular complexity index is 1230. The summed E-state index contributed by atoms with van der Waals surface area (Å²) in [6.07, 6.45) is 0. The first-order valence-electron chi connectivity index (χ1n) is 9.88. The minimum atomic E-state index is -0.0687. The SMILES string of the molecule is CCn1nc(C)c2nc(SCc3ccccc3)n(Cc3cccc(OC)c3)c(=O)c21. The van der Waals surface area contributed by atoms with Gasteiger partial charge in [0.05, 0.1) is 19.3 Å². The second-order valence-electron chi connectivity index (χ2n) is 7.01. The van der Waals surface area contributed by atoms with E-state index in [1.54, 1.807) is 28.1 Å². The molecular weight excluding hydrogens is 396 g/mol. The molecule has 0 aliphatic heterocycles. The minimum absolute atomic E-state index is 0.0687. The lowest BCUT2D eigenvalue weighted by Gasteiger charge is -2.13. The number of ether oxygens (including phenoxy) is 1. The third-order valence-corrected chi connectivity index (χ3v) is 6.01. The van der Waals surface area contributed by atoms with Gasteiger partial charge < -0.3 is 4.74 Å². The fourth-order valence-electron chi connectivity index (χ4n) is 3.44. The van der Waals surface area contributed by atoms with Gasteiger partial charge in [0.25, 0.3) is 5.56 Å². The molecule has 0 saturated carbocycles. The van der Waals surface area contributed by atoms with Crippen molar-refractivity contribution in [3.63, 3.8) is 0 Å². The van der Waals surface area contributed by atoms with Gasteiger partial charge in [-0.05, 0) is 37.1 Å². The summed E-state index contributed by atoms with van der Waals surface area (Å²) < 4.78 is 8.84. The highest BCUT2D eigenvalue weighted by Crippen LogP contribution is 2.24. The van der Waals surface area contributed by atoms with Crippen molar-refractivity contribution in [2.24, 2.45) is 0 Å². The molecule has 4 rings (SSSR count). The zero-order chi connectivity index (χ0) is 21.1. The Morgan fingerprint density at radius 2 is 1.83 bits per heavy atom. The molecule has 0 fully saturated rings. The molecule has 30 heavy (non-hydrogen) atoms. The molecule has 0 saturated heterocycles. The molecule has 4 aromatic rings. The molecule has 154 valence electrons. The van der Waals surface area contributed by atoms with Crippen molar-refractivity contribution >= 4 is 22.8 Å². The maximum absolute atomic E-state index is 13.5. The Morgan fingerprint density at radius 1 is 1.07 bits per heavy atom. The van der Waals surface area contributed by atoms with Crippen molar-refractivity contribution in [2.75, 3.05) is 7.11 Å². The Hall–Kier alpha value is -3.06. The number of benzene rings is 2. The lowest BCUT2D eigenvalue weighted by atomic mass is 10.2. The molecule has 0 N–H and O–H groups in total. The van der Waals surface area contributed by atoms with Gasteiger partial charge in [-0.25, -0.2) is 4.98 Å². The van der Waals surface area contributed by atoms with Crippen LogP contribution < -0.4 is 10.3 Å². The van der Waals surface area contributed by atoms with E-state index in [1.807, 2.05) is 56.3 Å². The van der Waals surface area contributed by atoms with E-state index < -0.39 is 0 Å². The molecule has 2 aromatic heterocycles. The Kier molecular flexibility index (Phi) is 5.90. The minimum Gasteiger partial charge on any atom is -0.497 e. The van der Waals surface area contributed by atoms with Crippen LogP contribution in [0.1, 0.15) is 23.7 Å². The molecule has 0 aliphatic carbocycles. The zero-order valence-corrected chi connectivity index (χ0v) is 18.1. The molecule has 0 atom stereocenters. The average Bonchev–Trinajstić information content (AvgIpc) is 3.11. The first-order chi connectivity index (χ1) is 14.6.